The van der Waals surface area contributed by atoms with Crippen molar-refractivity contribution in [3.8, 4) is 11.1 Å². The highest BCUT2D eigenvalue weighted by Gasteiger charge is 2.11. The van der Waals surface area contributed by atoms with Gasteiger partial charge in [0, 0.05) is 36.9 Å². The first-order valence-corrected chi connectivity index (χ1v) is 12.3. The second-order valence-electron chi connectivity index (χ2n) is 8.67. The van der Waals surface area contributed by atoms with Gasteiger partial charge in [0.05, 0.1) is 0 Å². The van der Waals surface area contributed by atoms with Crippen LogP contribution >= 0.6 is 11.3 Å². The fraction of sp³-hybridized carbons (Fsp3) is 0. The largest absolute Gasteiger partial charge is 0.355 e. The van der Waals surface area contributed by atoms with Crippen LogP contribution in [0.1, 0.15) is 0 Å². The Morgan fingerprint density at radius 3 is 2.03 bits per heavy atom. The molecule has 0 aliphatic rings. The second kappa shape index (κ2) is 7.72. The maximum absolute atomic E-state index is 3.71. The van der Waals surface area contributed by atoms with Crippen LogP contribution in [-0.2, 0) is 0 Å². The van der Waals surface area contributed by atoms with Crippen molar-refractivity contribution in [2.75, 3.05) is 5.32 Å². The van der Waals surface area contributed by atoms with Gasteiger partial charge in [-0.3, -0.25) is 0 Å². The molecule has 0 radical (unpaired) electrons. The van der Waals surface area contributed by atoms with E-state index < -0.39 is 0 Å². The lowest BCUT2D eigenvalue weighted by Gasteiger charge is -2.15. The molecule has 7 rings (SSSR count). The summed E-state index contributed by atoms with van der Waals surface area (Å²) in [6, 6.07) is 43.7. The Balaban J connectivity index is 1.37. The molecule has 0 spiro atoms. The van der Waals surface area contributed by atoms with Crippen molar-refractivity contribution >= 4 is 64.4 Å². The van der Waals surface area contributed by atoms with Crippen molar-refractivity contribution in [1.29, 1.82) is 0 Å². The zero-order valence-corrected chi connectivity index (χ0v) is 19.3. The first-order valence-electron chi connectivity index (χ1n) is 11.5. The Bertz CT molecular complexity index is 1840. The summed E-state index contributed by atoms with van der Waals surface area (Å²) in [6.45, 7) is 0. The van der Waals surface area contributed by atoms with Gasteiger partial charge < -0.3 is 5.32 Å². The van der Waals surface area contributed by atoms with Gasteiger partial charge in [0.2, 0.25) is 0 Å². The fourth-order valence-electron chi connectivity index (χ4n) is 5.06. The quantitative estimate of drug-likeness (QED) is 0.282. The van der Waals surface area contributed by atoms with Crippen LogP contribution in [0.3, 0.4) is 0 Å². The molecule has 7 aromatic rings. The number of benzene rings is 6. The topological polar surface area (TPSA) is 12.0 Å². The van der Waals surface area contributed by atoms with Crippen LogP contribution in [0.5, 0.6) is 0 Å². The lowest BCUT2D eigenvalue weighted by molar-refractivity contribution is 1.60. The molecule has 0 atom stereocenters. The lowest BCUT2D eigenvalue weighted by Crippen LogP contribution is -1.93. The Kier molecular flexibility index (Phi) is 4.39. The van der Waals surface area contributed by atoms with Crippen LogP contribution in [-0.4, -0.2) is 0 Å². The molecule has 0 aliphatic heterocycles. The minimum Gasteiger partial charge on any atom is -0.355 e. The van der Waals surface area contributed by atoms with Crippen molar-refractivity contribution in [2.24, 2.45) is 0 Å². The predicted molar refractivity (Wildman–Crippen MR) is 150 cm³/mol. The SMILES string of the molecule is c1ccc2c(-c3ccc(Nc4ccc5sc6ccccc6c5c4)c4ccccc34)cccc2c1. The highest BCUT2D eigenvalue weighted by Crippen LogP contribution is 2.39. The second-order valence-corrected chi connectivity index (χ2v) is 9.75. The summed E-state index contributed by atoms with van der Waals surface area (Å²) in [4.78, 5) is 0. The third-order valence-electron chi connectivity index (χ3n) is 6.66. The molecule has 0 fully saturated rings. The van der Waals surface area contributed by atoms with Gasteiger partial charge in [0.15, 0.2) is 0 Å². The zero-order chi connectivity index (χ0) is 22.5. The molecule has 34 heavy (non-hydrogen) atoms. The summed E-state index contributed by atoms with van der Waals surface area (Å²) in [5, 5.41) is 11.4. The number of nitrogens with one attached hydrogen (secondary N) is 1. The summed E-state index contributed by atoms with van der Waals surface area (Å²) in [6.07, 6.45) is 0. The minimum atomic E-state index is 1.11. The number of anilines is 2. The van der Waals surface area contributed by atoms with E-state index in [2.05, 4.69) is 127 Å². The van der Waals surface area contributed by atoms with Gasteiger partial charge in [-0.2, -0.15) is 0 Å². The molecule has 6 aromatic carbocycles. The van der Waals surface area contributed by atoms with Crippen LogP contribution in [0.15, 0.2) is 121 Å². The Hall–Kier alpha value is -4.14. The maximum Gasteiger partial charge on any atom is 0.0464 e. The summed E-state index contributed by atoms with van der Waals surface area (Å²) in [5.74, 6) is 0. The lowest BCUT2D eigenvalue weighted by atomic mass is 9.93. The van der Waals surface area contributed by atoms with Crippen LogP contribution in [0.4, 0.5) is 11.4 Å². The van der Waals surface area contributed by atoms with Gasteiger partial charge >= 0.3 is 0 Å². The molecule has 0 unspecified atom stereocenters. The molecule has 0 bridgehead atoms. The molecule has 0 saturated carbocycles. The van der Waals surface area contributed by atoms with Crippen LogP contribution in [0, 0.1) is 0 Å². The van der Waals surface area contributed by atoms with Gasteiger partial charge in [0.1, 0.15) is 0 Å². The van der Waals surface area contributed by atoms with Gasteiger partial charge in [-0.25, -0.2) is 0 Å². The normalized spacial score (nSPS) is 11.5. The van der Waals surface area contributed by atoms with Crippen molar-refractivity contribution in [2.45, 2.75) is 0 Å². The molecule has 1 aromatic heterocycles. The third-order valence-corrected chi connectivity index (χ3v) is 7.81. The van der Waals surface area contributed by atoms with Crippen LogP contribution in [0.2, 0.25) is 0 Å². The molecule has 0 amide bonds. The summed E-state index contributed by atoms with van der Waals surface area (Å²) in [5.41, 5.74) is 4.77. The Morgan fingerprint density at radius 2 is 1.12 bits per heavy atom. The smallest absolute Gasteiger partial charge is 0.0464 e. The maximum atomic E-state index is 3.71. The van der Waals surface area contributed by atoms with Crippen molar-refractivity contribution in [3.63, 3.8) is 0 Å². The fourth-order valence-corrected chi connectivity index (χ4v) is 6.15. The highest BCUT2D eigenvalue weighted by atomic mass is 32.1. The standard InChI is InChI=1S/C32H21NS/c1-2-10-23-21(8-1)9-7-14-24(23)26-17-18-30(27-12-4-3-11-25(26)27)33-22-16-19-32-29(20-22)28-13-5-6-15-31(28)34-32/h1-20,33H. The van der Waals surface area contributed by atoms with E-state index in [0.717, 1.165) is 11.4 Å². The van der Waals surface area contributed by atoms with E-state index >= 15 is 0 Å². The predicted octanol–water partition coefficient (Wildman–Crippen LogP) is 9.77. The van der Waals surface area contributed by atoms with E-state index in [1.807, 2.05) is 11.3 Å². The van der Waals surface area contributed by atoms with Crippen molar-refractivity contribution in [1.82, 2.24) is 0 Å². The van der Waals surface area contributed by atoms with E-state index in [1.54, 1.807) is 0 Å². The minimum absolute atomic E-state index is 1.11. The summed E-state index contributed by atoms with van der Waals surface area (Å²) < 4.78 is 2.66. The zero-order valence-electron chi connectivity index (χ0n) is 18.5. The first-order chi connectivity index (χ1) is 16.8. The molecular formula is C32H21NS. The average molecular weight is 452 g/mol. The summed E-state index contributed by atoms with van der Waals surface area (Å²) in [7, 11) is 0. The van der Waals surface area contributed by atoms with Gasteiger partial charge in [-0.1, -0.05) is 91.0 Å². The molecule has 160 valence electrons. The molecule has 1 N–H and O–H groups in total. The van der Waals surface area contributed by atoms with Crippen molar-refractivity contribution < 1.29 is 0 Å². The Morgan fingerprint density at radius 1 is 0.441 bits per heavy atom. The van der Waals surface area contributed by atoms with E-state index in [0.29, 0.717) is 0 Å². The van der Waals surface area contributed by atoms with Crippen LogP contribution in [0.25, 0.3) is 52.8 Å². The van der Waals surface area contributed by atoms with E-state index in [9.17, 15) is 0 Å². The van der Waals surface area contributed by atoms with Gasteiger partial charge in [0.25, 0.3) is 0 Å². The third kappa shape index (κ3) is 3.07. The number of fused-ring (bicyclic) bond motifs is 5. The first kappa shape index (κ1) is 19.3. The van der Waals surface area contributed by atoms with E-state index in [-0.39, 0.29) is 0 Å². The highest BCUT2D eigenvalue weighted by molar-refractivity contribution is 7.25. The summed E-state index contributed by atoms with van der Waals surface area (Å²) >= 11 is 1.85. The van der Waals surface area contributed by atoms with E-state index in [4.69, 9.17) is 0 Å². The van der Waals surface area contributed by atoms with Gasteiger partial charge in [-0.05, 0) is 57.6 Å². The average Bonchev–Trinajstić information content (AvgIpc) is 3.27. The molecular weight excluding hydrogens is 430 g/mol. The molecule has 1 nitrogen and oxygen atoms in total. The number of rotatable bonds is 3. The number of thiophene rings is 1. The molecule has 2 heteroatoms. The van der Waals surface area contributed by atoms with Crippen molar-refractivity contribution in [3.05, 3.63) is 121 Å². The monoisotopic (exact) mass is 451 g/mol. The number of hydrogen-bond acceptors (Lipinski definition) is 2. The van der Waals surface area contributed by atoms with Gasteiger partial charge in [-0.15, -0.1) is 11.3 Å². The molecule has 0 aliphatic carbocycles. The molecule has 0 saturated heterocycles. The van der Waals surface area contributed by atoms with Crippen LogP contribution < -0.4 is 5.32 Å². The molecule has 1 heterocycles. The van der Waals surface area contributed by atoms with E-state index in [1.165, 1.54) is 52.8 Å². The Labute approximate surface area is 201 Å². The number of hydrogen-bond donors (Lipinski definition) is 1.